The normalized spacial score (nSPS) is 10.6. The summed E-state index contributed by atoms with van der Waals surface area (Å²) in [6, 6.07) is 38.8. The van der Waals surface area contributed by atoms with Crippen molar-refractivity contribution in [1.29, 1.82) is 0 Å². The number of benzene rings is 6. The summed E-state index contributed by atoms with van der Waals surface area (Å²) >= 11 is 0. The largest absolute Gasteiger partial charge is 0.505 e. The molecule has 8 aromatic heterocycles. The molecule has 8 heterocycles. The number of halogens is 3. The number of amides is 3. The summed E-state index contributed by atoms with van der Waals surface area (Å²) in [6.07, 6.45) is 7.25. The van der Waals surface area contributed by atoms with E-state index in [1.807, 2.05) is 71.2 Å². The van der Waals surface area contributed by atoms with Gasteiger partial charge in [0, 0.05) is 95.4 Å². The van der Waals surface area contributed by atoms with Gasteiger partial charge in [0.2, 0.25) is 0 Å². The van der Waals surface area contributed by atoms with Crippen molar-refractivity contribution < 1.29 is 42.1 Å². The molecular formula is C82H80F3N19O6. The molecular weight excluding hydrogens is 1400 g/mol. The number of fused-ring (bicyclic) bond motifs is 3. The van der Waals surface area contributed by atoms with Gasteiger partial charge in [-0.1, -0.05) is 96.6 Å². The van der Waals surface area contributed by atoms with Gasteiger partial charge in [0.05, 0.1) is 33.2 Å². The first-order chi connectivity index (χ1) is 51.2. The number of nitrogens with two attached hydrogens (primary N) is 3. The van der Waals surface area contributed by atoms with Crippen LogP contribution < -0.4 is 42.6 Å². The van der Waals surface area contributed by atoms with Crippen LogP contribution in [0.4, 0.5) is 47.7 Å². The van der Waals surface area contributed by atoms with Crippen LogP contribution >= 0.6 is 0 Å². The molecule has 28 heteroatoms. The molecule has 0 fully saturated rings. The highest BCUT2D eigenvalue weighted by Crippen LogP contribution is 2.46. The number of aromatic hydroxyl groups is 1. The molecule has 0 saturated heterocycles. The zero-order valence-corrected chi connectivity index (χ0v) is 59.0. The van der Waals surface area contributed by atoms with E-state index in [2.05, 4.69) is 85.5 Å². The fourth-order valence-corrected chi connectivity index (χ4v) is 11.8. The number of aryl methyl sites for hydroxylation is 5. The fourth-order valence-electron chi connectivity index (χ4n) is 11.8. The third-order valence-electron chi connectivity index (χ3n) is 17.0. The second-order valence-electron chi connectivity index (χ2n) is 24.8. The third-order valence-corrected chi connectivity index (χ3v) is 17.0. The van der Waals surface area contributed by atoms with Crippen LogP contribution in [0.5, 0.6) is 29.3 Å². The molecule has 10 N–H and O–H groups in total. The van der Waals surface area contributed by atoms with Gasteiger partial charge in [-0.05, 0) is 153 Å². The number of anilines is 6. The highest BCUT2D eigenvalue weighted by Gasteiger charge is 2.27. The molecule has 14 rings (SSSR count). The Morgan fingerprint density at radius 2 is 0.691 bits per heavy atom. The first-order valence-electron chi connectivity index (χ1n) is 32.8. The van der Waals surface area contributed by atoms with Gasteiger partial charge < -0.3 is 61.4 Å². The quantitative estimate of drug-likeness (QED) is 0.0442. The molecule has 0 radical (unpaired) electrons. The number of aromatic nitrogens is 13. The van der Waals surface area contributed by atoms with E-state index in [0.717, 1.165) is 33.8 Å². The zero-order valence-electron chi connectivity index (χ0n) is 59.0. The third kappa shape index (κ3) is 16.5. The van der Waals surface area contributed by atoms with Gasteiger partial charge in [-0.15, -0.1) is 0 Å². The van der Waals surface area contributed by atoms with Gasteiger partial charge in [0.25, 0.3) is 17.7 Å². The van der Waals surface area contributed by atoms with E-state index < -0.39 is 23.2 Å². The summed E-state index contributed by atoms with van der Waals surface area (Å²) in [5, 5.41) is 19.8. The van der Waals surface area contributed by atoms with Crippen molar-refractivity contribution in [2.45, 2.75) is 56.9 Å². The number of nitrogen functional groups attached to an aromatic ring is 3. The Morgan fingerprint density at radius 3 is 0.964 bits per heavy atom. The van der Waals surface area contributed by atoms with Crippen LogP contribution in [-0.4, -0.2) is 86.4 Å². The van der Waals surface area contributed by atoms with Gasteiger partial charge in [-0.2, -0.15) is 0 Å². The minimum atomic E-state index is -0.742. The standard InChI is InChI=1S/2C28H24FN7O2.C23H20FN5O2.3CH4/c2*1-15(2)27(37)35-19-8-5-17(6-9-19)24-22(23-25(30)32-14-33-26(23)36(24)4)18-7-10-21(20(29)13-18)38-28-31-12-11-16(3)34-28;1-12(2)23(31)28-15-7-4-13(5-8-15)20-18(14-6-9-17(30)16(24)10-14)19-21(25)26-11-27-22(19)29(20)3;;;/h2*5-14H,1H2,2-4H3,(H,35,37)(H2,30,32,33);4-11,30H,1H2,2-3H3,(H,28,31)(H2,25,26,27);3*1H4. The van der Waals surface area contributed by atoms with Crippen LogP contribution in [0.25, 0.3) is 100 Å². The Kier molecular flexibility index (Phi) is 24.1. The van der Waals surface area contributed by atoms with Gasteiger partial charge >= 0.3 is 12.0 Å². The summed E-state index contributed by atoms with van der Waals surface area (Å²) in [5.41, 5.74) is 33.3. The number of rotatable bonds is 16. The second-order valence-corrected chi connectivity index (χ2v) is 24.8. The van der Waals surface area contributed by atoms with E-state index in [1.165, 1.54) is 55.4 Å². The van der Waals surface area contributed by atoms with E-state index in [9.17, 15) is 23.9 Å². The van der Waals surface area contributed by atoms with Crippen molar-refractivity contribution in [2.75, 3.05) is 33.2 Å². The summed E-state index contributed by atoms with van der Waals surface area (Å²) in [6.45, 7) is 19.5. The summed E-state index contributed by atoms with van der Waals surface area (Å²) in [5.74, 6) is -2.38. The number of phenols is 1. The number of ether oxygens (including phenoxy) is 2. The Balaban J connectivity index is 0.000000188. The van der Waals surface area contributed by atoms with Crippen LogP contribution in [0.1, 0.15) is 54.4 Å². The maximum atomic E-state index is 15.3. The van der Waals surface area contributed by atoms with Gasteiger partial charge in [0.1, 0.15) is 53.4 Å². The second kappa shape index (κ2) is 33.3. The zero-order chi connectivity index (χ0) is 76.2. The molecule has 0 spiro atoms. The predicted octanol–water partition coefficient (Wildman–Crippen LogP) is 17.0. The smallest absolute Gasteiger partial charge is 0.322 e. The molecule has 14 aromatic rings. The molecule has 0 bridgehead atoms. The van der Waals surface area contributed by atoms with Crippen molar-refractivity contribution in [1.82, 2.24) is 63.5 Å². The molecule has 6 aromatic carbocycles. The predicted molar refractivity (Wildman–Crippen MR) is 427 cm³/mol. The average molecular weight is 1480 g/mol. The highest BCUT2D eigenvalue weighted by atomic mass is 19.1. The highest BCUT2D eigenvalue weighted by molar-refractivity contribution is 6.11. The van der Waals surface area contributed by atoms with Crippen LogP contribution in [0, 0.1) is 31.3 Å². The molecule has 0 unspecified atom stereocenters. The SMILES string of the molecule is C.C.C.C=C(C)C(=O)Nc1ccc(-c2c(-c3ccc(O)c(F)c3)c3c(N)ncnc3n2C)cc1.C=C(C)C(=O)Nc1ccc(-c2c(-c3ccc(Oc4nccc(C)n4)c(F)c3)c3c(N)ncnc3n2C)cc1.C=C(C)C(=O)Nc1ccc(-c2c(-c3ccc(Oc4nccc(C)n4)c(F)c3)c3c(N)ncnc3n2C)cc1. The maximum absolute atomic E-state index is 15.3. The van der Waals surface area contributed by atoms with E-state index in [0.29, 0.717) is 112 Å². The van der Waals surface area contributed by atoms with E-state index in [1.54, 1.807) is 114 Å². The number of hydrogen-bond acceptors (Lipinski definition) is 19. The van der Waals surface area contributed by atoms with Crippen LogP contribution in [0.15, 0.2) is 207 Å². The molecule has 0 atom stereocenters. The van der Waals surface area contributed by atoms with Crippen molar-refractivity contribution >= 4 is 85.3 Å². The Morgan fingerprint density at radius 1 is 0.409 bits per heavy atom. The minimum Gasteiger partial charge on any atom is -0.505 e. The topological polar surface area (TPSA) is 348 Å². The number of phenolic OH excluding ortho intramolecular Hbond substituents is 1. The summed E-state index contributed by atoms with van der Waals surface area (Å²) < 4.78 is 61.6. The number of nitrogens with one attached hydrogen (secondary N) is 3. The first kappa shape index (κ1) is 79.7. The summed E-state index contributed by atoms with van der Waals surface area (Å²) in [4.78, 5) is 77.9. The van der Waals surface area contributed by atoms with Crippen LogP contribution in [0.2, 0.25) is 0 Å². The molecule has 0 aliphatic heterocycles. The maximum Gasteiger partial charge on any atom is 0.322 e. The molecule has 110 heavy (non-hydrogen) atoms. The molecule has 0 aliphatic rings. The first-order valence-corrected chi connectivity index (χ1v) is 32.8. The lowest BCUT2D eigenvalue weighted by Crippen LogP contribution is -2.11. The number of hydrogen-bond donors (Lipinski definition) is 7. The lowest BCUT2D eigenvalue weighted by atomic mass is 9.98. The van der Waals surface area contributed by atoms with Crippen LogP contribution in [0.3, 0.4) is 0 Å². The number of carbonyl (C=O) groups is 3. The Bertz CT molecular complexity index is 5650. The van der Waals surface area contributed by atoms with Gasteiger partial charge in [-0.3, -0.25) is 14.4 Å². The minimum absolute atomic E-state index is 0. The van der Waals surface area contributed by atoms with Crippen LogP contribution in [-0.2, 0) is 35.5 Å². The van der Waals surface area contributed by atoms with E-state index in [4.69, 9.17) is 26.7 Å². The van der Waals surface area contributed by atoms with Gasteiger partial charge in [-0.25, -0.2) is 63.0 Å². The molecule has 3 amide bonds. The molecule has 560 valence electrons. The van der Waals surface area contributed by atoms with Crippen molar-refractivity contribution in [2.24, 2.45) is 21.1 Å². The van der Waals surface area contributed by atoms with Crippen molar-refractivity contribution in [3.8, 4) is 96.4 Å². The number of carbonyl (C=O) groups excluding carboxylic acids is 3. The Labute approximate surface area is 631 Å². The number of nitrogens with zero attached hydrogens (tertiary/aromatic N) is 13. The summed E-state index contributed by atoms with van der Waals surface area (Å²) in [7, 11) is 5.54. The van der Waals surface area contributed by atoms with E-state index in [-0.39, 0.29) is 81.0 Å². The lowest BCUT2D eigenvalue weighted by Gasteiger charge is -2.12. The van der Waals surface area contributed by atoms with Crippen molar-refractivity contribution in [3.63, 3.8) is 0 Å². The van der Waals surface area contributed by atoms with E-state index >= 15 is 8.78 Å². The molecule has 25 nitrogen and oxygen atoms in total. The monoisotopic (exact) mass is 1480 g/mol. The molecule has 0 aliphatic carbocycles. The Hall–Kier alpha value is -14.4. The lowest BCUT2D eigenvalue weighted by molar-refractivity contribution is -0.113. The fraction of sp³-hybridized carbons (Fsp3) is 0.134. The van der Waals surface area contributed by atoms with Gasteiger partial charge in [0.15, 0.2) is 34.7 Å². The molecule has 0 saturated carbocycles. The van der Waals surface area contributed by atoms with Crippen molar-refractivity contribution in [3.05, 3.63) is 236 Å². The average Bonchev–Trinajstić information content (AvgIpc) is 1.60.